The van der Waals surface area contributed by atoms with Gasteiger partial charge < -0.3 is 14.6 Å². The van der Waals surface area contributed by atoms with Crippen LogP contribution in [0.3, 0.4) is 0 Å². The summed E-state index contributed by atoms with van der Waals surface area (Å²) in [5, 5.41) is 12.3. The van der Waals surface area contributed by atoms with Gasteiger partial charge in [-0.25, -0.2) is 4.98 Å². The molecule has 0 aliphatic heterocycles. The zero-order chi connectivity index (χ0) is 25.2. The van der Waals surface area contributed by atoms with Crippen LogP contribution < -0.4 is 65.5 Å². The fraction of sp³-hybridized carbons (Fsp3) is 0.308. The van der Waals surface area contributed by atoms with Gasteiger partial charge >= 0.3 is 51.4 Å². The molecule has 0 unspecified atom stereocenters. The number of rotatable bonds is 9. The largest absolute Gasteiger partial charge is 1.00 e. The number of thiazole rings is 1. The summed E-state index contributed by atoms with van der Waals surface area (Å²) in [7, 11) is -3.87. The number of aryl methyl sites for hydroxylation is 3. The monoisotopic (exact) mass is 550 g/mol. The van der Waals surface area contributed by atoms with Gasteiger partial charge in [0.15, 0.2) is 0 Å². The van der Waals surface area contributed by atoms with Crippen molar-refractivity contribution in [3.05, 3.63) is 75.8 Å². The van der Waals surface area contributed by atoms with Crippen molar-refractivity contribution in [1.29, 1.82) is 0 Å². The molecular formula is C26H27KN2O5S2. The molecule has 0 spiro atoms. The number of carboxylic acid groups (broad SMARTS) is 1. The van der Waals surface area contributed by atoms with Crippen LogP contribution in [-0.2, 0) is 34.3 Å². The Morgan fingerprint density at radius 3 is 2.44 bits per heavy atom. The first kappa shape index (κ1) is 29.0. The summed E-state index contributed by atoms with van der Waals surface area (Å²) in [5.74, 6) is -0.740. The first-order chi connectivity index (χ1) is 16.6. The van der Waals surface area contributed by atoms with E-state index in [4.69, 9.17) is 4.74 Å². The molecule has 0 atom stereocenters. The third-order valence-corrected chi connectivity index (χ3v) is 9.08. The van der Waals surface area contributed by atoms with E-state index in [1.807, 2.05) is 38.1 Å². The molecular weight excluding hydrogens is 524 g/mol. The SMILES string of the molecule is Cc1csc(S(=O)(=O)N(c2cc3c(cc2OCc2ccc(/C=C/C(=O)[O-])cc2)CCC3)C(C)C)n1.[K+]. The van der Waals surface area contributed by atoms with E-state index in [0.29, 0.717) is 17.1 Å². The van der Waals surface area contributed by atoms with Crippen molar-refractivity contribution in [2.75, 3.05) is 4.31 Å². The third kappa shape index (κ3) is 6.66. The number of ether oxygens (including phenoxy) is 1. The molecule has 1 aliphatic carbocycles. The van der Waals surface area contributed by atoms with Gasteiger partial charge in [-0.05, 0) is 80.5 Å². The van der Waals surface area contributed by atoms with Crippen LogP contribution in [0.5, 0.6) is 5.75 Å². The average Bonchev–Trinajstić information content (AvgIpc) is 3.45. The molecule has 10 heteroatoms. The number of hydrogen-bond acceptors (Lipinski definition) is 7. The maximum Gasteiger partial charge on any atom is 1.00 e. The Labute approximate surface area is 258 Å². The van der Waals surface area contributed by atoms with E-state index >= 15 is 0 Å². The van der Waals surface area contributed by atoms with Crippen LogP contribution in [0.2, 0.25) is 0 Å². The molecule has 0 bridgehead atoms. The Hall–Kier alpha value is -1.53. The maximum absolute atomic E-state index is 13.6. The predicted octanol–water partition coefficient (Wildman–Crippen LogP) is 0.890. The Kier molecular flexibility index (Phi) is 9.95. The number of nitrogens with zero attached hydrogens (tertiary/aromatic N) is 2. The summed E-state index contributed by atoms with van der Waals surface area (Å²) in [6.45, 7) is 5.69. The number of benzene rings is 2. The van der Waals surface area contributed by atoms with E-state index < -0.39 is 16.0 Å². The number of aromatic nitrogens is 1. The van der Waals surface area contributed by atoms with Crippen LogP contribution in [0.25, 0.3) is 6.08 Å². The number of anilines is 1. The van der Waals surface area contributed by atoms with Gasteiger partial charge in [-0.3, -0.25) is 4.31 Å². The number of sulfonamides is 1. The average molecular weight is 551 g/mol. The standard InChI is InChI=1S/C26H28N2O5S2.K/c1-17(2)28(35(31,32)26-27-18(3)16-34-26)23-13-21-5-4-6-22(21)14-24(23)33-15-20-9-7-19(8-10-20)11-12-25(29)30;/h7-14,16-17H,4-6,15H2,1-3H3,(H,29,30);/q;+1/p-1/b12-11+;. The fourth-order valence-electron chi connectivity index (χ4n) is 4.15. The molecule has 0 saturated heterocycles. The van der Waals surface area contributed by atoms with E-state index in [2.05, 4.69) is 4.98 Å². The van der Waals surface area contributed by atoms with Crippen LogP contribution in [0, 0.1) is 6.92 Å². The number of carbonyl (C=O) groups is 1. The van der Waals surface area contributed by atoms with Crippen LogP contribution in [-0.4, -0.2) is 25.4 Å². The summed E-state index contributed by atoms with van der Waals surface area (Å²) < 4.78 is 34.9. The van der Waals surface area contributed by atoms with Crippen molar-refractivity contribution >= 4 is 39.1 Å². The summed E-state index contributed by atoms with van der Waals surface area (Å²) in [5.41, 5.74) is 5.11. The molecule has 2 aromatic carbocycles. The quantitative estimate of drug-likeness (QED) is 0.290. The molecule has 0 N–H and O–H groups in total. The van der Waals surface area contributed by atoms with Crippen LogP contribution in [0.4, 0.5) is 5.69 Å². The molecule has 7 nitrogen and oxygen atoms in total. The second-order valence-electron chi connectivity index (χ2n) is 8.77. The molecule has 4 rings (SSSR count). The minimum absolute atomic E-state index is 0. The molecule has 0 radical (unpaired) electrons. The van der Waals surface area contributed by atoms with Crippen molar-refractivity contribution in [3.8, 4) is 5.75 Å². The number of hydrogen-bond donors (Lipinski definition) is 0. The van der Waals surface area contributed by atoms with E-state index in [1.54, 1.807) is 24.4 Å². The summed E-state index contributed by atoms with van der Waals surface area (Å²) in [6.07, 6.45) is 5.31. The number of fused-ring (bicyclic) bond motifs is 1. The summed E-state index contributed by atoms with van der Waals surface area (Å²) in [4.78, 5) is 14.9. The van der Waals surface area contributed by atoms with Crippen molar-refractivity contribution in [1.82, 2.24) is 4.98 Å². The van der Waals surface area contributed by atoms with E-state index in [1.165, 1.54) is 15.9 Å². The van der Waals surface area contributed by atoms with Gasteiger partial charge in [0.1, 0.15) is 12.4 Å². The van der Waals surface area contributed by atoms with Crippen molar-refractivity contribution in [2.45, 2.75) is 57.0 Å². The van der Waals surface area contributed by atoms with Crippen molar-refractivity contribution < 1.29 is 74.4 Å². The Morgan fingerprint density at radius 1 is 1.19 bits per heavy atom. The van der Waals surface area contributed by atoms with E-state index in [0.717, 1.165) is 53.4 Å². The second-order valence-corrected chi connectivity index (χ2v) is 11.6. The van der Waals surface area contributed by atoms with Crippen LogP contribution in [0.1, 0.15) is 48.2 Å². The molecule has 0 amide bonds. The Bertz CT molecular complexity index is 1370. The van der Waals surface area contributed by atoms with Gasteiger partial charge in [0.25, 0.3) is 10.0 Å². The normalized spacial score (nSPS) is 13.0. The van der Waals surface area contributed by atoms with Gasteiger partial charge in [0, 0.05) is 17.1 Å². The summed E-state index contributed by atoms with van der Waals surface area (Å²) >= 11 is 1.12. The van der Waals surface area contributed by atoms with Crippen LogP contribution >= 0.6 is 11.3 Å². The number of carbonyl (C=O) groups excluding carboxylic acids is 1. The van der Waals surface area contributed by atoms with Gasteiger partial charge in [-0.15, -0.1) is 11.3 Å². The minimum atomic E-state index is -3.87. The zero-order valence-corrected chi connectivity index (χ0v) is 25.6. The first-order valence-electron chi connectivity index (χ1n) is 11.4. The second kappa shape index (κ2) is 12.3. The molecule has 3 aromatic rings. The zero-order valence-electron chi connectivity index (χ0n) is 20.9. The molecule has 0 fully saturated rings. The topological polar surface area (TPSA) is 99.6 Å². The predicted molar refractivity (Wildman–Crippen MR) is 135 cm³/mol. The van der Waals surface area contributed by atoms with Crippen molar-refractivity contribution in [3.63, 3.8) is 0 Å². The van der Waals surface area contributed by atoms with E-state index in [9.17, 15) is 18.3 Å². The maximum atomic E-state index is 13.6. The summed E-state index contributed by atoms with van der Waals surface area (Å²) in [6, 6.07) is 10.8. The van der Waals surface area contributed by atoms with Crippen molar-refractivity contribution in [2.24, 2.45) is 0 Å². The van der Waals surface area contributed by atoms with Gasteiger partial charge in [0.2, 0.25) is 4.34 Å². The number of aliphatic carboxylic acids is 1. The van der Waals surface area contributed by atoms with Crippen LogP contribution in [0.15, 0.2) is 52.2 Å². The molecule has 1 aromatic heterocycles. The molecule has 36 heavy (non-hydrogen) atoms. The smallest absolute Gasteiger partial charge is 0.545 e. The van der Waals surface area contributed by atoms with E-state index in [-0.39, 0.29) is 68.4 Å². The van der Waals surface area contributed by atoms with Gasteiger partial charge in [-0.2, -0.15) is 8.42 Å². The molecule has 0 saturated carbocycles. The minimum Gasteiger partial charge on any atom is -0.545 e. The molecule has 1 aliphatic rings. The first-order valence-corrected chi connectivity index (χ1v) is 13.7. The molecule has 1 heterocycles. The van der Waals surface area contributed by atoms with Gasteiger partial charge in [0.05, 0.1) is 11.7 Å². The number of carboxylic acids is 1. The fourth-order valence-corrected chi connectivity index (χ4v) is 6.92. The Morgan fingerprint density at radius 2 is 1.86 bits per heavy atom. The Balaban J connectivity index is 0.00000361. The third-order valence-electron chi connectivity index (χ3n) is 5.74. The molecule has 184 valence electrons. The van der Waals surface area contributed by atoms with Gasteiger partial charge in [-0.1, -0.05) is 30.3 Å².